The fourth-order valence-electron chi connectivity index (χ4n) is 1.23. The molecule has 2 aromatic rings. The molecule has 0 unspecified atom stereocenters. The second-order valence-electron chi connectivity index (χ2n) is 3.32. The molecular formula is C11H13N5OS. The van der Waals surface area contributed by atoms with Crippen LogP contribution in [0.15, 0.2) is 34.7 Å². The van der Waals surface area contributed by atoms with Gasteiger partial charge < -0.3 is 10.5 Å². The minimum Gasteiger partial charge on any atom is -0.384 e. The van der Waals surface area contributed by atoms with Crippen molar-refractivity contribution >= 4 is 17.6 Å². The van der Waals surface area contributed by atoms with Crippen LogP contribution < -0.4 is 5.73 Å². The summed E-state index contributed by atoms with van der Waals surface area (Å²) in [5, 5.41) is 1.33. The highest BCUT2D eigenvalue weighted by molar-refractivity contribution is 7.99. The highest BCUT2D eigenvalue weighted by atomic mass is 32.2. The fraction of sp³-hybridized carbons (Fsp3) is 0.273. The number of ether oxygens (including phenoxy) is 1. The largest absolute Gasteiger partial charge is 0.384 e. The Kier molecular flexibility index (Phi) is 4.43. The van der Waals surface area contributed by atoms with Gasteiger partial charge in [-0.25, -0.2) is 19.9 Å². The van der Waals surface area contributed by atoms with Gasteiger partial charge in [0.2, 0.25) is 0 Å². The zero-order chi connectivity index (χ0) is 12.8. The lowest BCUT2D eigenvalue weighted by molar-refractivity contribution is 0.128. The summed E-state index contributed by atoms with van der Waals surface area (Å²) >= 11 is 1.34. The predicted octanol–water partition coefficient (Wildman–Crippen LogP) is 1.54. The Morgan fingerprint density at radius 2 is 2.06 bits per heavy atom. The number of hydrogen-bond donors (Lipinski definition) is 1. The first-order valence-electron chi connectivity index (χ1n) is 5.44. The third-order valence-electron chi connectivity index (χ3n) is 1.94. The quantitative estimate of drug-likeness (QED) is 0.646. The minimum atomic E-state index is 0.352. The second kappa shape index (κ2) is 6.27. The molecule has 0 amide bonds. The predicted molar refractivity (Wildman–Crippen MR) is 67.9 cm³/mol. The van der Waals surface area contributed by atoms with E-state index in [-0.39, 0.29) is 0 Å². The molecule has 0 spiro atoms. The maximum atomic E-state index is 5.72. The summed E-state index contributed by atoms with van der Waals surface area (Å²) in [4.78, 5) is 16.7. The molecule has 94 valence electrons. The Labute approximate surface area is 109 Å². The van der Waals surface area contributed by atoms with Gasteiger partial charge in [-0.1, -0.05) is 0 Å². The molecule has 0 saturated carbocycles. The summed E-state index contributed by atoms with van der Waals surface area (Å²) < 4.78 is 5.26. The van der Waals surface area contributed by atoms with E-state index in [1.807, 2.05) is 6.92 Å². The number of nitrogens with two attached hydrogens (primary N) is 1. The van der Waals surface area contributed by atoms with E-state index < -0.39 is 0 Å². The molecule has 0 saturated heterocycles. The van der Waals surface area contributed by atoms with Crippen LogP contribution in [0.1, 0.15) is 12.7 Å². The number of aromatic nitrogens is 4. The molecule has 0 aliphatic rings. The lowest BCUT2D eigenvalue weighted by Crippen LogP contribution is -2.03. The lowest BCUT2D eigenvalue weighted by atomic mass is 10.5. The Bertz CT molecular complexity index is 508. The zero-order valence-corrected chi connectivity index (χ0v) is 10.7. The molecule has 0 fully saturated rings. The molecule has 0 radical (unpaired) electrons. The van der Waals surface area contributed by atoms with Gasteiger partial charge in [-0.3, -0.25) is 0 Å². The number of hydrogen-bond acceptors (Lipinski definition) is 7. The first kappa shape index (κ1) is 12.7. The van der Waals surface area contributed by atoms with Gasteiger partial charge in [0.05, 0.1) is 0 Å². The number of anilines is 1. The summed E-state index contributed by atoms with van der Waals surface area (Å²) in [6, 6.07) is 3.45. The molecule has 2 aromatic heterocycles. The van der Waals surface area contributed by atoms with Gasteiger partial charge in [-0.2, -0.15) is 0 Å². The van der Waals surface area contributed by atoms with Gasteiger partial charge in [-0.05, 0) is 24.8 Å². The van der Waals surface area contributed by atoms with E-state index in [4.69, 9.17) is 10.5 Å². The summed E-state index contributed by atoms with van der Waals surface area (Å²) in [5.74, 6) is 0.980. The molecule has 2 heterocycles. The van der Waals surface area contributed by atoms with Crippen LogP contribution in [0.5, 0.6) is 0 Å². The van der Waals surface area contributed by atoms with E-state index in [2.05, 4.69) is 19.9 Å². The number of rotatable bonds is 5. The van der Waals surface area contributed by atoms with Crippen molar-refractivity contribution in [3.05, 3.63) is 30.4 Å². The number of nitrogens with zero attached hydrogens (tertiary/aromatic N) is 4. The minimum absolute atomic E-state index is 0.352. The van der Waals surface area contributed by atoms with Crippen molar-refractivity contribution in [2.24, 2.45) is 0 Å². The fourth-order valence-corrected chi connectivity index (χ4v) is 1.98. The zero-order valence-electron chi connectivity index (χ0n) is 9.91. The van der Waals surface area contributed by atoms with Crippen LogP contribution in [0.3, 0.4) is 0 Å². The van der Waals surface area contributed by atoms with Crippen molar-refractivity contribution < 1.29 is 4.74 Å². The van der Waals surface area contributed by atoms with Crippen molar-refractivity contribution in [3.8, 4) is 0 Å². The van der Waals surface area contributed by atoms with E-state index in [1.165, 1.54) is 11.8 Å². The molecule has 18 heavy (non-hydrogen) atoms. The summed E-state index contributed by atoms with van der Waals surface area (Å²) in [5.41, 5.74) is 5.72. The average molecular weight is 263 g/mol. The molecule has 0 aliphatic carbocycles. The van der Waals surface area contributed by atoms with Crippen LogP contribution >= 0.6 is 11.8 Å². The first-order chi connectivity index (χ1) is 8.78. The van der Waals surface area contributed by atoms with E-state index in [0.29, 0.717) is 35.0 Å². The SMILES string of the molecule is CCOCc1nc(N)cc(Sc2ncccn2)n1. The van der Waals surface area contributed by atoms with Crippen LogP contribution in [0.2, 0.25) is 0 Å². The maximum absolute atomic E-state index is 5.72. The molecule has 7 heteroatoms. The smallest absolute Gasteiger partial charge is 0.193 e. The Morgan fingerprint density at radius 1 is 1.28 bits per heavy atom. The highest BCUT2D eigenvalue weighted by Crippen LogP contribution is 2.23. The van der Waals surface area contributed by atoms with E-state index >= 15 is 0 Å². The van der Waals surface area contributed by atoms with E-state index in [0.717, 1.165) is 0 Å². The van der Waals surface area contributed by atoms with E-state index in [1.54, 1.807) is 24.5 Å². The second-order valence-corrected chi connectivity index (χ2v) is 4.31. The monoisotopic (exact) mass is 263 g/mol. The first-order valence-corrected chi connectivity index (χ1v) is 6.25. The van der Waals surface area contributed by atoms with Gasteiger partial charge in [0.15, 0.2) is 11.0 Å². The summed E-state index contributed by atoms with van der Waals surface area (Å²) in [7, 11) is 0. The van der Waals surface area contributed by atoms with Crippen molar-refractivity contribution in [2.45, 2.75) is 23.7 Å². The Morgan fingerprint density at radius 3 is 2.78 bits per heavy atom. The topological polar surface area (TPSA) is 86.8 Å². The molecule has 0 aromatic carbocycles. The number of nitrogen functional groups attached to an aromatic ring is 1. The molecule has 6 nitrogen and oxygen atoms in total. The summed E-state index contributed by atoms with van der Waals surface area (Å²) in [6.45, 7) is 2.88. The van der Waals surface area contributed by atoms with Crippen molar-refractivity contribution in [2.75, 3.05) is 12.3 Å². The van der Waals surface area contributed by atoms with Crippen LogP contribution in [0.4, 0.5) is 5.82 Å². The highest BCUT2D eigenvalue weighted by Gasteiger charge is 2.06. The average Bonchev–Trinajstić information content (AvgIpc) is 2.37. The summed E-state index contributed by atoms with van der Waals surface area (Å²) in [6.07, 6.45) is 3.36. The van der Waals surface area contributed by atoms with Crippen LogP contribution in [-0.2, 0) is 11.3 Å². The van der Waals surface area contributed by atoms with Gasteiger partial charge in [-0.15, -0.1) is 0 Å². The molecule has 0 atom stereocenters. The normalized spacial score (nSPS) is 10.5. The van der Waals surface area contributed by atoms with Crippen molar-refractivity contribution in [1.29, 1.82) is 0 Å². The van der Waals surface area contributed by atoms with Crippen LogP contribution in [0.25, 0.3) is 0 Å². The van der Waals surface area contributed by atoms with Crippen molar-refractivity contribution in [3.63, 3.8) is 0 Å². The van der Waals surface area contributed by atoms with Crippen LogP contribution in [0, 0.1) is 0 Å². The third-order valence-corrected chi connectivity index (χ3v) is 2.75. The Hall–Kier alpha value is -1.73. The standard InChI is InChI=1S/C11H13N5OS/c1-2-17-7-9-15-8(12)6-10(16-9)18-11-13-4-3-5-14-11/h3-6H,2,7H2,1H3,(H2,12,15,16). The maximum Gasteiger partial charge on any atom is 0.193 e. The third kappa shape index (κ3) is 3.64. The van der Waals surface area contributed by atoms with Crippen LogP contribution in [-0.4, -0.2) is 26.5 Å². The van der Waals surface area contributed by atoms with Crippen molar-refractivity contribution in [1.82, 2.24) is 19.9 Å². The lowest BCUT2D eigenvalue weighted by Gasteiger charge is -2.04. The van der Waals surface area contributed by atoms with Gasteiger partial charge in [0, 0.05) is 25.1 Å². The van der Waals surface area contributed by atoms with Gasteiger partial charge >= 0.3 is 0 Å². The molecule has 2 N–H and O–H groups in total. The van der Waals surface area contributed by atoms with Gasteiger partial charge in [0.1, 0.15) is 17.5 Å². The van der Waals surface area contributed by atoms with E-state index in [9.17, 15) is 0 Å². The molecule has 0 aliphatic heterocycles. The van der Waals surface area contributed by atoms with Gasteiger partial charge in [0.25, 0.3) is 0 Å². The molecule has 2 rings (SSSR count). The Balaban J connectivity index is 2.15. The molecular weight excluding hydrogens is 250 g/mol. The molecule has 0 bridgehead atoms.